The number of aliphatic hydroxyl groups excluding tert-OH is 1. The number of Topliss-reactive ketones (excluding diaryl/α,β-unsaturated/α-hetero) is 1. The Morgan fingerprint density at radius 2 is 1.81 bits per heavy atom. The van der Waals surface area contributed by atoms with Crippen LogP contribution in [0.5, 0.6) is 0 Å². The molecule has 134 valence electrons. The van der Waals surface area contributed by atoms with Crippen molar-refractivity contribution in [3.8, 4) is 0 Å². The lowest BCUT2D eigenvalue weighted by Gasteiger charge is -2.47. The van der Waals surface area contributed by atoms with Gasteiger partial charge in [0.15, 0.2) is 0 Å². The number of allylic oxidation sites excluding steroid dienone is 6. The second-order valence-electron chi connectivity index (χ2n) is 8.71. The van der Waals surface area contributed by atoms with Crippen LogP contribution in [0.3, 0.4) is 0 Å². The van der Waals surface area contributed by atoms with Crippen molar-refractivity contribution in [3.63, 3.8) is 0 Å². The van der Waals surface area contributed by atoms with Crippen LogP contribution in [0.2, 0.25) is 0 Å². The highest BCUT2D eigenvalue weighted by Gasteiger charge is 2.54. The van der Waals surface area contributed by atoms with Gasteiger partial charge in [0.25, 0.3) is 0 Å². The van der Waals surface area contributed by atoms with E-state index >= 15 is 0 Å². The van der Waals surface area contributed by atoms with E-state index in [0.717, 1.165) is 44.9 Å². The first kappa shape index (κ1) is 16.1. The Balaban J connectivity index is 1.75. The normalized spacial score (nSPS) is 33.6. The molecule has 1 fully saturated rings. The molecule has 0 saturated heterocycles. The molecule has 1 aromatic carbocycles. The van der Waals surface area contributed by atoms with Crippen LogP contribution in [0.4, 0.5) is 0 Å². The minimum absolute atomic E-state index is 0.190. The highest BCUT2D eigenvalue weighted by molar-refractivity contribution is 5.91. The molecular formula is C24H26O2. The van der Waals surface area contributed by atoms with Gasteiger partial charge in [-0.15, -0.1) is 0 Å². The molecule has 5 rings (SSSR count). The summed E-state index contributed by atoms with van der Waals surface area (Å²) in [4.78, 5) is 12.8. The van der Waals surface area contributed by atoms with E-state index in [2.05, 4.69) is 37.3 Å². The molecule has 4 aliphatic carbocycles. The van der Waals surface area contributed by atoms with Crippen LogP contribution in [0.15, 0.2) is 58.9 Å². The summed E-state index contributed by atoms with van der Waals surface area (Å²) in [6.07, 6.45) is 8.53. The van der Waals surface area contributed by atoms with Crippen LogP contribution in [-0.4, -0.2) is 10.9 Å². The Bertz CT molecular complexity index is 871. The summed E-state index contributed by atoms with van der Waals surface area (Å²) in [5, 5.41) is 10.0. The fourth-order valence-corrected chi connectivity index (χ4v) is 6.12. The van der Waals surface area contributed by atoms with Crippen molar-refractivity contribution >= 4 is 11.4 Å². The zero-order valence-corrected chi connectivity index (χ0v) is 15.4. The zero-order valence-electron chi connectivity index (χ0n) is 15.4. The van der Waals surface area contributed by atoms with Crippen LogP contribution >= 0.6 is 0 Å². The fourth-order valence-electron chi connectivity index (χ4n) is 6.12. The average Bonchev–Trinajstić information content (AvgIpc) is 2.96. The van der Waals surface area contributed by atoms with Crippen LogP contribution in [0, 0.1) is 17.3 Å². The lowest BCUT2D eigenvalue weighted by Crippen LogP contribution is -2.40. The minimum Gasteiger partial charge on any atom is -0.512 e. The molecular weight excluding hydrogens is 320 g/mol. The molecule has 1 N–H and O–H groups in total. The fraction of sp³-hybridized carbons (Fsp3) is 0.458. The Morgan fingerprint density at radius 1 is 1.00 bits per heavy atom. The molecule has 0 amide bonds. The third-order valence-electron chi connectivity index (χ3n) is 7.40. The summed E-state index contributed by atoms with van der Waals surface area (Å²) in [5.41, 5.74) is 6.81. The number of rotatable bonds is 1. The van der Waals surface area contributed by atoms with Crippen molar-refractivity contribution in [2.24, 2.45) is 17.3 Å². The highest BCUT2D eigenvalue weighted by Crippen LogP contribution is 2.61. The first-order valence-corrected chi connectivity index (χ1v) is 10.0. The third-order valence-corrected chi connectivity index (χ3v) is 7.40. The van der Waals surface area contributed by atoms with Crippen LogP contribution in [-0.2, 0) is 4.79 Å². The molecule has 0 spiro atoms. The number of carbonyl (C=O) groups is 1. The number of carbonyl (C=O) groups excluding carboxylic acids is 1. The lowest BCUT2D eigenvalue weighted by molar-refractivity contribution is -0.126. The first-order valence-electron chi connectivity index (χ1n) is 10.0. The molecule has 2 unspecified atom stereocenters. The van der Waals surface area contributed by atoms with E-state index in [1.807, 2.05) is 6.08 Å². The Morgan fingerprint density at radius 3 is 2.62 bits per heavy atom. The Labute approximate surface area is 155 Å². The summed E-state index contributed by atoms with van der Waals surface area (Å²) in [7, 11) is 0. The molecule has 26 heavy (non-hydrogen) atoms. The van der Waals surface area contributed by atoms with E-state index in [4.69, 9.17) is 0 Å². The van der Waals surface area contributed by atoms with Crippen molar-refractivity contribution in [3.05, 3.63) is 64.4 Å². The van der Waals surface area contributed by atoms with Gasteiger partial charge in [-0.2, -0.15) is 0 Å². The van der Waals surface area contributed by atoms with Gasteiger partial charge in [0.2, 0.25) is 0 Å². The molecule has 2 nitrogen and oxygen atoms in total. The number of fused-ring (bicyclic) bond motifs is 4. The monoisotopic (exact) mass is 346 g/mol. The van der Waals surface area contributed by atoms with E-state index in [0.29, 0.717) is 23.4 Å². The van der Waals surface area contributed by atoms with Gasteiger partial charge in [0.05, 0.1) is 5.76 Å². The van der Waals surface area contributed by atoms with Gasteiger partial charge in [-0.3, -0.25) is 4.79 Å². The van der Waals surface area contributed by atoms with E-state index in [1.165, 1.54) is 27.9 Å². The molecule has 0 heterocycles. The Kier molecular flexibility index (Phi) is 3.53. The molecule has 2 heteroatoms. The van der Waals surface area contributed by atoms with Gasteiger partial charge in [-0.05, 0) is 77.9 Å². The second kappa shape index (κ2) is 5.70. The predicted molar refractivity (Wildman–Crippen MR) is 104 cm³/mol. The number of hydrogen-bond donors (Lipinski definition) is 1. The van der Waals surface area contributed by atoms with Crippen LogP contribution < -0.4 is 0 Å². The average molecular weight is 346 g/mol. The molecule has 0 aromatic heterocycles. The smallest absolute Gasteiger partial charge is 0.139 e. The standard InChI is InChI=1S/C24H26O2/c1-24-14-20(15-5-3-2-4-6-15)23-18-10-8-17(25)13-16(18)7-9-19(23)21(24)11-12-22(24)26/h2-6,13,19,21,25H,7-12,14H2,1H3/t19?,21?,24-/m0/s1. The second-order valence-corrected chi connectivity index (χ2v) is 8.71. The van der Waals surface area contributed by atoms with Crippen molar-refractivity contribution in [2.45, 2.75) is 51.9 Å². The van der Waals surface area contributed by atoms with E-state index in [1.54, 1.807) is 0 Å². The topological polar surface area (TPSA) is 37.3 Å². The predicted octanol–water partition coefficient (Wildman–Crippen LogP) is 5.77. The largest absolute Gasteiger partial charge is 0.512 e. The minimum atomic E-state index is -0.190. The summed E-state index contributed by atoms with van der Waals surface area (Å²) < 4.78 is 0. The van der Waals surface area contributed by atoms with Gasteiger partial charge >= 0.3 is 0 Å². The third kappa shape index (κ3) is 2.21. The molecule has 0 bridgehead atoms. The maximum absolute atomic E-state index is 12.8. The highest BCUT2D eigenvalue weighted by atomic mass is 16.3. The van der Waals surface area contributed by atoms with Crippen LogP contribution in [0.1, 0.15) is 57.4 Å². The number of benzene rings is 1. The Hall–Kier alpha value is -2.09. The molecule has 4 aliphatic rings. The van der Waals surface area contributed by atoms with Gasteiger partial charge in [0.1, 0.15) is 5.78 Å². The number of aliphatic hydroxyl groups is 1. The number of ketones is 1. The van der Waals surface area contributed by atoms with E-state index in [-0.39, 0.29) is 5.41 Å². The lowest BCUT2D eigenvalue weighted by atomic mass is 9.56. The zero-order chi connectivity index (χ0) is 17.9. The molecule has 3 atom stereocenters. The quantitative estimate of drug-likeness (QED) is 0.701. The molecule has 1 aromatic rings. The maximum atomic E-state index is 12.8. The van der Waals surface area contributed by atoms with Crippen molar-refractivity contribution in [2.75, 3.05) is 0 Å². The molecule has 1 saturated carbocycles. The van der Waals surface area contributed by atoms with E-state index in [9.17, 15) is 9.90 Å². The van der Waals surface area contributed by atoms with Gasteiger partial charge in [0, 0.05) is 18.3 Å². The molecule has 0 radical (unpaired) electrons. The summed E-state index contributed by atoms with van der Waals surface area (Å²) in [6.45, 7) is 2.23. The number of hydrogen-bond acceptors (Lipinski definition) is 2. The summed E-state index contributed by atoms with van der Waals surface area (Å²) in [5.74, 6) is 1.99. The maximum Gasteiger partial charge on any atom is 0.139 e. The van der Waals surface area contributed by atoms with Gasteiger partial charge in [-0.1, -0.05) is 37.3 Å². The summed E-state index contributed by atoms with van der Waals surface area (Å²) in [6, 6.07) is 10.7. The van der Waals surface area contributed by atoms with Crippen molar-refractivity contribution in [1.82, 2.24) is 0 Å². The van der Waals surface area contributed by atoms with Crippen molar-refractivity contribution in [1.29, 1.82) is 0 Å². The van der Waals surface area contributed by atoms with Gasteiger partial charge < -0.3 is 5.11 Å². The SMILES string of the molecule is C[C@]12CC(c3ccccc3)=C3C4=C(C=C(O)CC4)CCC3C1CCC2=O. The van der Waals surface area contributed by atoms with Crippen molar-refractivity contribution < 1.29 is 9.90 Å². The van der Waals surface area contributed by atoms with Crippen LogP contribution in [0.25, 0.3) is 5.57 Å². The van der Waals surface area contributed by atoms with Gasteiger partial charge in [-0.25, -0.2) is 0 Å². The molecule has 0 aliphatic heterocycles. The van der Waals surface area contributed by atoms with E-state index < -0.39 is 0 Å². The first-order chi connectivity index (χ1) is 12.6. The summed E-state index contributed by atoms with van der Waals surface area (Å²) >= 11 is 0.